The lowest BCUT2D eigenvalue weighted by atomic mass is 10.1. The maximum Gasteiger partial charge on any atom is 0.251 e. The molecule has 1 aliphatic carbocycles. The van der Waals surface area contributed by atoms with Crippen molar-refractivity contribution in [1.29, 1.82) is 0 Å². The minimum atomic E-state index is -0.368. The van der Waals surface area contributed by atoms with Gasteiger partial charge in [0.1, 0.15) is 6.10 Å². The molecule has 1 saturated carbocycles. The number of methoxy groups -OCH3 is 1. The molecule has 0 aromatic carbocycles. The highest BCUT2D eigenvalue weighted by Gasteiger charge is 2.35. The molecule has 82 valence electrons. The van der Waals surface area contributed by atoms with Crippen LogP contribution in [0, 0.1) is 5.92 Å². The summed E-state index contributed by atoms with van der Waals surface area (Å²) in [5.41, 5.74) is 5.66. The van der Waals surface area contributed by atoms with Gasteiger partial charge < -0.3 is 15.4 Å². The Hall–Kier alpha value is -0.610. The molecular weight excluding hydrogens is 180 g/mol. The number of hydrogen-bond donors (Lipinski definition) is 1. The van der Waals surface area contributed by atoms with Gasteiger partial charge in [-0.15, -0.1) is 0 Å². The van der Waals surface area contributed by atoms with Crippen LogP contribution in [0.3, 0.4) is 0 Å². The average molecular weight is 200 g/mol. The fourth-order valence-corrected chi connectivity index (χ4v) is 1.70. The van der Waals surface area contributed by atoms with Crippen molar-refractivity contribution < 1.29 is 9.53 Å². The van der Waals surface area contributed by atoms with Crippen molar-refractivity contribution in [1.82, 2.24) is 4.90 Å². The first-order valence-corrected chi connectivity index (χ1v) is 5.11. The minimum absolute atomic E-state index is 0.0230. The van der Waals surface area contributed by atoms with Gasteiger partial charge in [0, 0.05) is 26.7 Å². The number of hydrogen-bond acceptors (Lipinski definition) is 3. The Morgan fingerprint density at radius 3 is 2.57 bits per heavy atom. The third kappa shape index (κ3) is 2.45. The van der Waals surface area contributed by atoms with E-state index in [2.05, 4.69) is 0 Å². The molecule has 2 atom stereocenters. The van der Waals surface area contributed by atoms with Crippen LogP contribution in [0.4, 0.5) is 0 Å². The van der Waals surface area contributed by atoms with Crippen LogP contribution in [0.15, 0.2) is 0 Å². The molecule has 0 heterocycles. The van der Waals surface area contributed by atoms with Crippen molar-refractivity contribution in [3.8, 4) is 0 Å². The molecule has 4 nitrogen and oxygen atoms in total. The van der Waals surface area contributed by atoms with Crippen LogP contribution in [0.25, 0.3) is 0 Å². The van der Waals surface area contributed by atoms with Gasteiger partial charge in [-0.2, -0.15) is 0 Å². The van der Waals surface area contributed by atoms with Crippen LogP contribution < -0.4 is 5.73 Å². The van der Waals surface area contributed by atoms with Gasteiger partial charge in [0.05, 0.1) is 0 Å². The van der Waals surface area contributed by atoms with Gasteiger partial charge in [-0.3, -0.25) is 4.79 Å². The van der Waals surface area contributed by atoms with E-state index in [9.17, 15) is 4.79 Å². The minimum Gasteiger partial charge on any atom is -0.372 e. The lowest BCUT2D eigenvalue weighted by molar-refractivity contribution is -0.142. The third-order valence-electron chi connectivity index (χ3n) is 2.95. The molecule has 1 fully saturated rings. The molecule has 0 aliphatic heterocycles. The van der Waals surface area contributed by atoms with E-state index in [4.69, 9.17) is 10.5 Å². The second kappa shape index (κ2) is 4.75. The maximum absolute atomic E-state index is 11.8. The largest absolute Gasteiger partial charge is 0.372 e. The first-order chi connectivity index (χ1) is 6.61. The van der Waals surface area contributed by atoms with Crippen LogP contribution in [0.2, 0.25) is 0 Å². The summed E-state index contributed by atoms with van der Waals surface area (Å²) in [6.07, 6.45) is 2.02. The van der Waals surface area contributed by atoms with Crippen LogP contribution >= 0.6 is 0 Å². The van der Waals surface area contributed by atoms with Gasteiger partial charge in [0.2, 0.25) is 0 Å². The predicted octanol–water partition coefficient (Wildman–Crippen LogP) is 0.217. The van der Waals surface area contributed by atoms with Crippen molar-refractivity contribution in [2.24, 2.45) is 11.7 Å². The summed E-state index contributed by atoms with van der Waals surface area (Å²) in [7, 11) is 3.36. The highest BCUT2D eigenvalue weighted by Crippen LogP contribution is 2.34. The second-order valence-corrected chi connectivity index (χ2v) is 3.97. The van der Waals surface area contributed by atoms with Gasteiger partial charge in [-0.25, -0.2) is 0 Å². The van der Waals surface area contributed by atoms with Gasteiger partial charge in [-0.05, 0) is 25.7 Å². The summed E-state index contributed by atoms with van der Waals surface area (Å²) in [6, 6.07) is 0.195. The number of carbonyl (C=O) groups is 1. The van der Waals surface area contributed by atoms with E-state index in [0.717, 1.165) is 0 Å². The topological polar surface area (TPSA) is 55.6 Å². The molecule has 0 saturated heterocycles. The third-order valence-corrected chi connectivity index (χ3v) is 2.95. The first-order valence-electron chi connectivity index (χ1n) is 5.11. The number of nitrogens with zero attached hydrogens (tertiary/aromatic N) is 1. The van der Waals surface area contributed by atoms with E-state index < -0.39 is 0 Å². The number of carbonyl (C=O) groups excluding carboxylic acids is 1. The number of ether oxygens (including phenoxy) is 1. The number of likely N-dealkylation sites (N-methyl/N-ethyl adjacent to an activating group) is 1. The molecule has 2 unspecified atom stereocenters. The van der Waals surface area contributed by atoms with Crippen molar-refractivity contribution in [3.63, 3.8) is 0 Å². The van der Waals surface area contributed by atoms with Crippen molar-refractivity contribution in [2.45, 2.75) is 31.9 Å². The quantitative estimate of drug-likeness (QED) is 0.690. The zero-order valence-electron chi connectivity index (χ0n) is 9.19. The summed E-state index contributed by atoms with van der Waals surface area (Å²) in [5, 5.41) is 0. The Kier molecular flexibility index (Phi) is 3.89. The fraction of sp³-hybridized carbons (Fsp3) is 0.900. The SMILES string of the molecule is COC(C)C(=O)N(C)C(CN)C1CC1. The molecule has 0 spiro atoms. The normalized spacial score (nSPS) is 20.3. The van der Waals surface area contributed by atoms with Crippen LogP contribution in [0.5, 0.6) is 0 Å². The lowest BCUT2D eigenvalue weighted by Gasteiger charge is -2.29. The monoisotopic (exact) mass is 200 g/mol. The van der Waals surface area contributed by atoms with E-state index in [1.165, 1.54) is 12.8 Å². The summed E-state index contributed by atoms with van der Waals surface area (Å²) >= 11 is 0. The molecular formula is C10H20N2O2. The summed E-state index contributed by atoms with van der Waals surface area (Å²) in [6.45, 7) is 2.31. The highest BCUT2D eigenvalue weighted by molar-refractivity contribution is 5.80. The van der Waals surface area contributed by atoms with E-state index in [0.29, 0.717) is 12.5 Å². The van der Waals surface area contributed by atoms with Gasteiger partial charge in [0.15, 0.2) is 0 Å². The van der Waals surface area contributed by atoms with E-state index in [1.54, 1.807) is 18.9 Å². The molecule has 14 heavy (non-hydrogen) atoms. The van der Waals surface area contributed by atoms with Gasteiger partial charge >= 0.3 is 0 Å². The molecule has 0 aromatic heterocycles. The maximum atomic E-state index is 11.8. The van der Waals surface area contributed by atoms with Crippen LogP contribution in [0.1, 0.15) is 19.8 Å². The van der Waals surface area contributed by atoms with E-state index in [1.807, 2.05) is 7.05 Å². The van der Waals surface area contributed by atoms with Crippen molar-refractivity contribution in [2.75, 3.05) is 20.7 Å². The smallest absolute Gasteiger partial charge is 0.251 e. The molecule has 0 radical (unpaired) electrons. The molecule has 0 aromatic rings. The highest BCUT2D eigenvalue weighted by atomic mass is 16.5. The molecule has 1 aliphatic rings. The molecule has 1 amide bonds. The first kappa shape index (κ1) is 11.5. The molecule has 2 N–H and O–H groups in total. The molecule has 4 heteroatoms. The average Bonchev–Trinajstić information content (AvgIpc) is 3.00. The Morgan fingerprint density at radius 1 is 1.64 bits per heavy atom. The Balaban J connectivity index is 2.52. The van der Waals surface area contributed by atoms with Crippen LogP contribution in [-0.4, -0.2) is 43.7 Å². The number of amides is 1. The van der Waals surface area contributed by atoms with Crippen molar-refractivity contribution in [3.05, 3.63) is 0 Å². The summed E-state index contributed by atoms with van der Waals surface area (Å²) in [5.74, 6) is 0.632. The lowest BCUT2D eigenvalue weighted by Crippen LogP contribution is -2.47. The van der Waals surface area contributed by atoms with Crippen LogP contribution in [-0.2, 0) is 9.53 Å². The molecule has 0 bridgehead atoms. The van der Waals surface area contributed by atoms with Crippen molar-refractivity contribution >= 4 is 5.91 Å². The summed E-state index contributed by atoms with van der Waals surface area (Å²) in [4.78, 5) is 13.5. The number of nitrogens with two attached hydrogens (primary N) is 1. The Labute approximate surface area is 85.4 Å². The fourth-order valence-electron chi connectivity index (χ4n) is 1.70. The number of rotatable bonds is 5. The van der Waals surface area contributed by atoms with Gasteiger partial charge in [-0.1, -0.05) is 0 Å². The Morgan fingerprint density at radius 2 is 2.21 bits per heavy atom. The predicted molar refractivity (Wildman–Crippen MR) is 54.8 cm³/mol. The zero-order chi connectivity index (χ0) is 10.7. The van der Waals surface area contributed by atoms with Gasteiger partial charge in [0.25, 0.3) is 5.91 Å². The summed E-state index contributed by atoms with van der Waals surface area (Å²) < 4.78 is 5.00. The van der Waals surface area contributed by atoms with E-state index in [-0.39, 0.29) is 18.1 Å². The Bertz CT molecular complexity index is 204. The standard InChI is InChI=1S/C10H20N2O2/c1-7(14-3)10(13)12(2)9(6-11)8-4-5-8/h7-9H,4-6,11H2,1-3H3. The molecule has 1 rings (SSSR count). The zero-order valence-corrected chi connectivity index (χ0v) is 9.19. The second-order valence-electron chi connectivity index (χ2n) is 3.97. The van der Waals surface area contributed by atoms with E-state index >= 15 is 0 Å².